The van der Waals surface area contributed by atoms with E-state index in [1.165, 1.54) is 0 Å². The molecule has 0 amide bonds. The molecule has 0 spiro atoms. The molecule has 0 heterocycles. The molecule has 1 aliphatic carbocycles. The number of aliphatic carboxylic acids is 1. The lowest BCUT2D eigenvalue weighted by Gasteiger charge is -1.97. The monoisotopic (exact) mass is 194 g/mol. The highest BCUT2D eigenvalue weighted by Gasteiger charge is 2.43. The Kier molecular flexibility index (Phi) is 2.39. The molecule has 12 heavy (non-hydrogen) atoms. The van der Waals surface area contributed by atoms with Crippen molar-refractivity contribution in [3.63, 3.8) is 0 Å². The molecule has 1 fully saturated rings. The molecule has 0 aromatic heterocycles. The summed E-state index contributed by atoms with van der Waals surface area (Å²) < 4.78 is 25.4. The number of carboxylic acids is 1. The molecule has 1 saturated carbocycles. The minimum absolute atomic E-state index is 0.00417. The molecule has 0 saturated heterocycles. The summed E-state index contributed by atoms with van der Waals surface area (Å²) in [5.41, 5.74) is 0. The van der Waals surface area contributed by atoms with Gasteiger partial charge in [-0.1, -0.05) is 0 Å². The van der Waals surface area contributed by atoms with Gasteiger partial charge in [0.25, 0.3) is 10.1 Å². The van der Waals surface area contributed by atoms with Gasteiger partial charge in [-0.3, -0.25) is 8.98 Å². The molecule has 6 heteroatoms. The zero-order chi connectivity index (χ0) is 9.35. The van der Waals surface area contributed by atoms with Crippen LogP contribution >= 0.6 is 0 Å². The van der Waals surface area contributed by atoms with E-state index in [1.807, 2.05) is 0 Å². The number of hydrogen-bond donors (Lipinski definition) is 1. The molecule has 1 rings (SSSR count). The van der Waals surface area contributed by atoms with E-state index in [0.29, 0.717) is 6.42 Å². The maximum Gasteiger partial charge on any atom is 0.306 e. The normalized spacial score (nSPS) is 28.4. The average molecular weight is 194 g/mol. The van der Waals surface area contributed by atoms with Gasteiger partial charge in [0.15, 0.2) is 0 Å². The first kappa shape index (κ1) is 9.47. The molecule has 0 bridgehead atoms. The summed E-state index contributed by atoms with van der Waals surface area (Å²) in [6.45, 7) is -0.00417. The Balaban J connectivity index is 2.25. The zero-order valence-electron chi connectivity index (χ0n) is 6.56. The first-order valence-corrected chi connectivity index (χ1v) is 5.29. The first-order chi connectivity index (χ1) is 5.40. The summed E-state index contributed by atoms with van der Waals surface area (Å²) in [6.07, 6.45) is 1.47. The second-order valence-corrected chi connectivity index (χ2v) is 4.57. The fraction of sp³-hybridized carbons (Fsp3) is 0.833. The molecule has 70 valence electrons. The van der Waals surface area contributed by atoms with E-state index in [0.717, 1.165) is 6.26 Å². The SMILES string of the molecule is CS(=O)(=O)OC[C@@H]1C[C@@H]1C(=O)O. The Hall–Kier alpha value is -0.620. The molecule has 2 atom stereocenters. The third kappa shape index (κ3) is 2.78. The van der Waals surface area contributed by atoms with Crippen molar-refractivity contribution in [2.45, 2.75) is 6.42 Å². The molecule has 0 radical (unpaired) electrons. The summed E-state index contributed by atoms with van der Waals surface area (Å²) >= 11 is 0. The topological polar surface area (TPSA) is 80.7 Å². The molecule has 0 aromatic carbocycles. The van der Waals surface area contributed by atoms with Crippen molar-refractivity contribution in [1.29, 1.82) is 0 Å². The molecule has 5 nitrogen and oxygen atoms in total. The lowest BCUT2D eigenvalue weighted by molar-refractivity contribution is -0.138. The van der Waals surface area contributed by atoms with E-state index in [9.17, 15) is 13.2 Å². The average Bonchev–Trinajstić information content (AvgIpc) is 2.59. The van der Waals surface area contributed by atoms with Crippen LogP contribution in [0.25, 0.3) is 0 Å². The van der Waals surface area contributed by atoms with Crippen molar-refractivity contribution in [2.24, 2.45) is 11.8 Å². The van der Waals surface area contributed by atoms with Crippen LogP contribution in [-0.2, 0) is 19.1 Å². The van der Waals surface area contributed by atoms with E-state index in [4.69, 9.17) is 5.11 Å². The molecular formula is C6H10O5S. The Labute approximate surface area is 70.5 Å². The fourth-order valence-corrected chi connectivity index (χ4v) is 1.37. The summed E-state index contributed by atoms with van der Waals surface area (Å²) in [7, 11) is -3.42. The van der Waals surface area contributed by atoms with Crippen LogP contribution in [0, 0.1) is 11.8 Å². The fourth-order valence-electron chi connectivity index (χ4n) is 0.945. The van der Waals surface area contributed by atoms with Gasteiger partial charge in [0.2, 0.25) is 0 Å². The van der Waals surface area contributed by atoms with Crippen LogP contribution in [0.5, 0.6) is 0 Å². The van der Waals surface area contributed by atoms with Crippen LogP contribution in [0.3, 0.4) is 0 Å². The summed E-state index contributed by atoms with van der Waals surface area (Å²) in [6, 6.07) is 0. The van der Waals surface area contributed by atoms with Crippen molar-refractivity contribution in [3.8, 4) is 0 Å². The lowest BCUT2D eigenvalue weighted by Crippen LogP contribution is -2.08. The van der Waals surface area contributed by atoms with Gasteiger partial charge in [0.1, 0.15) is 0 Å². The number of carbonyl (C=O) groups is 1. The number of hydrogen-bond acceptors (Lipinski definition) is 4. The van der Waals surface area contributed by atoms with Crippen LogP contribution < -0.4 is 0 Å². The highest BCUT2D eigenvalue weighted by atomic mass is 32.2. The summed E-state index contributed by atoms with van der Waals surface area (Å²) in [5, 5.41) is 8.45. The van der Waals surface area contributed by atoms with E-state index < -0.39 is 22.0 Å². The van der Waals surface area contributed by atoms with Crippen LogP contribution in [-0.4, -0.2) is 32.4 Å². The Morgan fingerprint density at radius 3 is 2.58 bits per heavy atom. The van der Waals surface area contributed by atoms with Crippen molar-refractivity contribution in [1.82, 2.24) is 0 Å². The maximum absolute atomic E-state index is 10.5. The standard InChI is InChI=1S/C6H10O5S/c1-12(9,10)11-3-4-2-5(4)6(7)8/h4-5H,2-3H2,1H3,(H,7,8)/t4-,5-/m0/s1. The van der Waals surface area contributed by atoms with Gasteiger partial charge >= 0.3 is 5.97 Å². The Bertz CT molecular complexity index is 280. The second kappa shape index (κ2) is 3.02. The molecule has 1 N–H and O–H groups in total. The Morgan fingerprint density at radius 1 is 1.67 bits per heavy atom. The number of carboxylic acid groups (broad SMARTS) is 1. The van der Waals surface area contributed by atoms with Crippen LogP contribution in [0.2, 0.25) is 0 Å². The molecule has 1 aliphatic rings. The van der Waals surface area contributed by atoms with E-state index in [1.54, 1.807) is 0 Å². The molecule has 0 aromatic rings. The smallest absolute Gasteiger partial charge is 0.306 e. The van der Waals surface area contributed by atoms with Gasteiger partial charge in [-0.15, -0.1) is 0 Å². The van der Waals surface area contributed by atoms with Gasteiger partial charge in [-0.05, 0) is 12.3 Å². The number of rotatable bonds is 4. The zero-order valence-corrected chi connectivity index (χ0v) is 7.37. The van der Waals surface area contributed by atoms with Crippen molar-refractivity contribution >= 4 is 16.1 Å². The van der Waals surface area contributed by atoms with Gasteiger partial charge in [-0.25, -0.2) is 0 Å². The van der Waals surface area contributed by atoms with Gasteiger partial charge in [0.05, 0.1) is 18.8 Å². The minimum atomic E-state index is -3.42. The Morgan fingerprint density at radius 2 is 2.25 bits per heavy atom. The summed E-state index contributed by atoms with van der Waals surface area (Å²) in [4.78, 5) is 10.3. The minimum Gasteiger partial charge on any atom is -0.481 e. The van der Waals surface area contributed by atoms with Crippen LogP contribution in [0.15, 0.2) is 0 Å². The first-order valence-electron chi connectivity index (χ1n) is 3.47. The van der Waals surface area contributed by atoms with Gasteiger partial charge in [-0.2, -0.15) is 8.42 Å². The second-order valence-electron chi connectivity index (χ2n) is 2.93. The largest absolute Gasteiger partial charge is 0.481 e. The third-order valence-electron chi connectivity index (χ3n) is 1.74. The highest BCUT2D eigenvalue weighted by Crippen LogP contribution is 2.38. The van der Waals surface area contributed by atoms with Crippen LogP contribution in [0.4, 0.5) is 0 Å². The molecule has 0 aliphatic heterocycles. The van der Waals surface area contributed by atoms with Gasteiger partial charge in [0, 0.05) is 0 Å². The quantitative estimate of drug-likeness (QED) is 0.620. The lowest BCUT2D eigenvalue weighted by atomic mass is 10.3. The van der Waals surface area contributed by atoms with E-state index in [2.05, 4.69) is 4.18 Å². The van der Waals surface area contributed by atoms with Crippen molar-refractivity contribution in [2.75, 3.05) is 12.9 Å². The third-order valence-corrected chi connectivity index (χ3v) is 2.30. The predicted octanol–water partition coefficient (Wildman–Crippen LogP) is -0.317. The van der Waals surface area contributed by atoms with E-state index in [-0.39, 0.29) is 12.5 Å². The maximum atomic E-state index is 10.5. The highest BCUT2D eigenvalue weighted by molar-refractivity contribution is 7.85. The molecular weight excluding hydrogens is 184 g/mol. The van der Waals surface area contributed by atoms with Crippen LogP contribution in [0.1, 0.15) is 6.42 Å². The van der Waals surface area contributed by atoms with Crippen molar-refractivity contribution < 1.29 is 22.5 Å². The summed E-state index contributed by atoms with van der Waals surface area (Å²) in [5.74, 6) is -1.42. The van der Waals surface area contributed by atoms with Gasteiger partial charge < -0.3 is 5.11 Å². The molecule has 0 unspecified atom stereocenters. The van der Waals surface area contributed by atoms with E-state index >= 15 is 0 Å². The predicted molar refractivity (Wildman–Crippen MR) is 40.0 cm³/mol. The van der Waals surface area contributed by atoms with Crippen molar-refractivity contribution in [3.05, 3.63) is 0 Å².